The Kier molecular flexibility index (Phi) is 7.96. The Bertz CT molecular complexity index is 1140. The van der Waals surface area contributed by atoms with Gasteiger partial charge in [0.15, 0.2) is 11.5 Å². The van der Waals surface area contributed by atoms with Crippen molar-refractivity contribution in [2.24, 2.45) is 0 Å². The first kappa shape index (κ1) is 24.6. The van der Waals surface area contributed by atoms with Crippen LogP contribution in [0.4, 0.5) is 0 Å². The van der Waals surface area contributed by atoms with Crippen LogP contribution in [0.2, 0.25) is 0 Å². The number of carbonyl (C=O) groups excluding carboxylic acids is 2. The van der Waals surface area contributed by atoms with Crippen molar-refractivity contribution >= 4 is 23.2 Å². The fraction of sp³-hybridized carbons (Fsp3) is 0.458. The minimum Gasteiger partial charge on any atom is -0.493 e. The van der Waals surface area contributed by atoms with Gasteiger partial charge in [0.25, 0.3) is 0 Å². The number of benzene rings is 1. The Hall–Kier alpha value is -3.47. The second-order valence-electron chi connectivity index (χ2n) is 8.48. The smallest absolute Gasteiger partial charge is 0.247 e. The van der Waals surface area contributed by atoms with Crippen molar-refractivity contribution in [3.8, 4) is 22.9 Å². The Morgan fingerprint density at radius 2 is 1.97 bits per heavy atom. The van der Waals surface area contributed by atoms with Crippen LogP contribution in [0.25, 0.3) is 11.4 Å². The monoisotopic (exact) mass is 498 g/mol. The molecule has 1 atom stereocenters. The molecule has 2 amide bonds. The summed E-state index contributed by atoms with van der Waals surface area (Å²) < 4.78 is 10.6. The highest BCUT2D eigenvalue weighted by Crippen LogP contribution is 2.30. The standard InChI is InChI=1S/C24H30N6O4S/c1-16(24(32)25-18-7-4-5-8-18)29(14-19-9-6-12-35-19)22(31)15-30-27-23(26-28-30)17-10-11-20(33-2)21(13-17)34-3/h6,9-13,16,18H,4-5,7-8,14-15H2,1-3H3,(H,25,32)/t16-/m0/s1. The van der Waals surface area contributed by atoms with Gasteiger partial charge >= 0.3 is 0 Å². The first-order chi connectivity index (χ1) is 17.0. The zero-order valence-electron chi connectivity index (χ0n) is 20.1. The van der Waals surface area contributed by atoms with Crippen LogP contribution in [-0.4, -0.2) is 63.2 Å². The average Bonchev–Trinajstić information content (AvgIpc) is 3.65. The fourth-order valence-corrected chi connectivity index (χ4v) is 4.86. The summed E-state index contributed by atoms with van der Waals surface area (Å²) in [6.07, 6.45) is 4.22. The summed E-state index contributed by atoms with van der Waals surface area (Å²) in [6.45, 7) is 1.97. The predicted molar refractivity (Wildman–Crippen MR) is 131 cm³/mol. The summed E-state index contributed by atoms with van der Waals surface area (Å²) in [5.74, 6) is 1.09. The second kappa shape index (κ2) is 11.3. The molecule has 4 rings (SSSR count). The van der Waals surface area contributed by atoms with Crippen LogP contribution in [-0.2, 0) is 22.7 Å². The maximum Gasteiger partial charge on any atom is 0.247 e. The topological polar surface area (TPSA) is 111 Å². The first-order valence-corrected chi connectivity index (χ1v) is 12.5. The van der Waals surface area contributed by atoms with Gasteiger partial charge in [-0.3, -0.25) is 9.59 Å². The molecule has 1 fully saturated rings. The predicted octanol–water partition coefficient (Wildman–Crippen LogP) is 2.89. The van der Waals surface area contributed by atoms with E-state index in [1.165, 1.54) is 4.80 Å². The number of thiophene rings is 1. The van der Waals surface area contributed by atoms with Crippen LogP contribution in [0.3, 0.4) is 0 Å². The van der Waals surface area contributed by atoms with E-state index in [2.05, 4.69) is 20.7 Å². The van der Waals surface area contributed by atoms with Crippen molar-refractivity contribution in [2.75, 3.05) is 14.2 Å². The highest BCUT2D eigenvalue weighted by atomic mass is 32.1. The molecule has 1 aromatic carbocycles. The van der Waals surface area contributed by atoms with E-state index in [4.69, 9.17) is 9.47 Å². The summed E-state index contributed by atoms with van der Waals surface area (Å²) in [5, 5.41) is 17.6. The summed E-state index contributed by atoms with van der Waals surface area (Å²) in [6, 6.07) is 8.75. The molecule has 0 saturated heterocycles. The van der Waals surface area contributed by atoms with Gasteiger partial charge in [-0.15, -0.1) is 21.5 Å². The van der Waals surface area contributed by atoms with Gasteiger partial charge < -0.3 is 19.7 Å². The molecular formula is C24H30N6O4S. The van der Waals surface area contributed by atoms with E-state index in [-0.39, 0.29) is 24.4 Å². The largest absolute Gasteiger partial charge is 0.493 e. The third kappa shape index (κ3) is 5.97. The van der Waals surface area contributed by atoms with E-state index < -0.39 is 6.04 Å². The molecular weight excluding hydrogens is 468 g/mol. The minimum absolute atomic E-state index is 0.132. The molecule has 0 bridgehead atoms. The summed E-state index contributed by atoms with van der Waals surface area (Å²) in [4.78, 5) is 30.1. The molecule has 2 aromatic heterocycles. The van der Waals surface area contributed by atoms with Gasteiger partial charge in [-0.1, -0.05) is 18.9 Å². The van der Waals surface area contributed by atoms with Crippen molar-refractivity contribution in [3.05, 3.63) is 40.6 Å². The molecule has 1 saturated carbocycles. The lowest BCUT2D eigenvalue weighted by Gasteiger charge is -2.29. The van der Waals surface area contributed by atoms with Gasteiger partial charge in [-0.25, -0.2) is 0 Å². The number of rotatable bonds is 10. The first-order valence-electron chi connectivity index (χ1n) is 11.6. The highest BCUT2D eigenvalue weighted by Gasteiger charge is 2.29. The molecule has 11 heteroatoms. The lowest BCUT2D eigenvalue weighted by Crippen LogP contribution is -2.50. The highest BCUT2D eigenvalue weighted by molar-refractivity contribution is 7.09. The number of ether oxygens (including phenoxy) is 2. The van der Waals surface area contributed by atoms with E-state index in [0.717, 1.165) is 30.6 Å². The van der Waals surface area contributed by atoms with E-state index in [0.29, 0.717) is 29.4 Å². The number of hydrogen-bond donors (Lipinski definition) is 1. The summed E-state index contributed by atoms with van der Waals surface area (Å²) >= 11 is 1.55. The molecule has 0 aliphatic heterocycles. The van der Waals surface area contributed by atoms with Crippen LogP contribution in [0.5, 0.6) is 11.5 Å². The van der Waals surface area contributed by atoms with Crippen LogP contribution in [0.1, 0.15) is 37.5 Å². The maximum absolute atomic E-state index is 13.3. The molecule has 1 aliphatic carbocycles. The molecule has 0 spiro atoms. The molecule has 3 aromatic rings. The third-order valence-electron chi connectivity index (χ3n) is 6.15. The Balaban J connectivity index is 1.48. The zero-order chi connectivity index (χ0) is 24.8. The molecule has 186 valence electrons. The van der Waals surface area contributed by atoms with Crippen LogP contribution < -0.4 is 14.8 Å². The van der Waals surface area contributed by atoms with Gasteiger partial charge in [0.2, 0.25) is 17.6 Å². The molecule has 0 unspecified atom stereocenters. The normalized spacial score (nSPS) is 14.5. The lowest BCUT2D eigenvalue weighted by molar-refractivity contribution is -0.141. The number of hydrogen-bond acceptors (Lipinski definition) is 8. The van der Waals surface area contributed by atoms with Crippen molar-refractivity contribution in [1.82, 2.24) is 30.4 Å². The van der Waals surface area contributed by atoms with E-state index in [9.17, 15) is 9.59 Å². The number of aromatic nitrogens is 4. The second-order valence-corrected chi connectivity index (χ2v) is 9.51. The number of amides is 2. The molecule has 0 radical (unpaired) electrons. The third-order valence-corrected chi connectivity index (χ3v) is 7.01. The molecule has 1 aliphatic rings. The molecule has 35 heavy (non-hydrogen) atoms. The van der Waals surface area contributed by atoms with Gasteiger partial charge in [0, 0.05) is 16.5 Å². The Labute approximate surface area is 208 Å². The SMILES string of the molecule is COc1ccc(-c2nnn(CC(=O)N(Cc3cccs3)[C@@H](C)C(=O)NC3CCCC3)n2)cc1OC. The number of tetrazole rings is 1. The summed E-state index contributed by atoms with van der Waals surface area (Å²) in [7, 11) is 3.12. The van der Waals surface area contributed by atoms with Gasteiger partial charge in [-0.05, 0) is 54.6 Å². The number of methoxy groups -OCH3 is 2. The molecule has 2 heterocycles. The Morgan fingerprint density at radius 1 is 1.20 bits per heavy atom. The van der Waals surface area contributed by atoms with Crippen molar-refractivity contribution in [1.29, 1.82) is 0 Å². The minimum atomic E-state index is -0.626. The van der Waals surface area contributed by atoms with Crippen molar-refractivity contribution in [2.45, 2.75) is 57.8 Å². The van der Waals surface area contributed by atoms with E-state index in [1.54, 1.807) is 55.6 Å². The molecule has 1 N–H and O–H groups in total. The van der Waals surface area contributed by atoms with Crippen molar-refractivity contribution < 1.29 is 19.1 Å². The Morgan fingerprint density at radius 3 is 2.66 bits per heavy atom. The molecule has 10 nitrogen and oxygen atoms in total. The quantitative estimate of drug-likeness (QED) is 0.457. The fourth-order valence-electron chi connectivity index (χ4n) is 4.16. The van der Waals surface area contributed by atoms with E-state index >= 15 is 0 Å². The van der Waals surface area contributed by atoms with Gasteiger partial charge in [0.05, 0.1) is 20.8 Å². The van der Waals surface area contributed by atoms with Crippen LogP contribution in [0, 0.1) is 0 Å². The van der Waals surface area contributed by atoms with Crippen molar-refractivity contribution in [3.63, 3.8) is 0 Å². The van der Waals surface area contributed by atoms with E-state index in [1.807, 2.05) is 17.5 Å². The van der Waals surface area contributed by atoms with Gasteiger partial charge in [-0.2, -0.15) is 4.80 Å². The average molecular weight is 499 g/mol. The van der Waals surface area contributed by atoms with Crippen LogP contribution >= 0.6 is 11.3 Å². The van der Waals surface area contributed by atoms with Crippen LogP contribution in [0.15, 0.2) is 35.7 Å². The number of nitrogens with one attached hydrogen (secondary N) is 1. The maximum atomic E-state index is 13.3. The number of nitrogens with zero attached hydrogens (tertiary/aromatic N) is 5. The lowest BCUT2D eigenvalue weighted by atomic mass is 10.2. The van der Waals surface area contributed by atoms with Gasteiger partial charge in [0.1, 0.15) is 12.6 Å². The number of carbonyl (C=O) groups is 2. The summed E-state index contributed by atoms with van der Waals surface area (Å²) in [5.41, 5.74) is 0.682. The zero-order valence-corrected chi connectivity index (χ0v) is 21.0.